The minimum atomic E-state index is 0.195. The molecule has 0 amide bonds. The number of hydrogen-bond acceptors (Lipinski definition) is 4. The molecule has 1 aromatic carbocycles. The second kappa shape index (κ2) is 5.17. The quantitative estimate of drug-likeness (QED) is 0.898. The van der Waals surface area contributed by atoms with Crippen LogP contribution in [0.1, 0.15) is 32.3 Å². The fourth-order valence-corrected chi connectivity index (χ4v) is 2.71. The fraction of sp³-hybridized carbons (Fsp3) is 0.625. The predicted octanol–water partition coefficient (Wildman–Crippen LogP) is 2.74. The van der Waals surface area contributed by atoms with Gasteiger partial charge in [-0.15, -0.1) is 0 Å². The maximum atomic E-state index is 5.67. The molecule has 110 valence electrons. The summed E-state index contributed by atoms with van der Waals surface area (Å²) in [5, 5.41) is 3.64. The molecule has 4 heteroatoms. The van der Waals surface area contributed by atoms with Crippen LogP contribution in [0, 0.1) is 5.92 Å². The maximum Gasteiger partial charge on any atom is 0.203 e. The van der Waals surface area contributed by atoms with E-state index in [0.29, 0.717) is 13.2 Å². The van der Waals surface area contributed by atoms with Crippen LogP contribution in [0.3, 0.4) is 0 Å². The Balaban J connectivity index is 1.76. The van der Waals surface area contributed by atoms with Crippen LogP contribution in [0.25, 0.3) is 0 Å². The Bertz CT molecular complexity index is 477. The van der Waals surface area contributed by atoms with E-state index >= 15 is 0 Å². The number of hydrogen-bond donors (Lipinski definition) is 1. The van der Waals surface area contributed by atoms with Crippen LogP contribution in [0.2, 0.25) is 0 Å². The summed E-state index contributed by atoms with van der Waals surface area (Å²) in [6, 6.07) is 4.08. The molecular weight excluding hydrogens is 254 g/mol. The highest BCUT2D eigenvalue weighted by Crippen LogP contribution is 2.41. The van der Waals surface area contributed by atoms with Crippen molar-refractivity contribution in [3.63, 3.8) is 0 Å². The van der Waals surface area contributed by atoms with Gasteiger partial charge in [-0.2, -0.15) is 0 Å². The highest BCUT2D eigenvalue weighted by atomic mass is 16.6. The molecule has 4 nitrogen and oxygen atoms in total. The SMILES string of the molecule is COc1cc(CNC(C)(C)C2CC2)cc2c1OCCO2. The minimum Gasteiger partial charge on any atom is -0.493 e. The lowest BCUT2D eigenvalue weighted by Gasteiger charge is -2.27. The van der Waals surface area contributed by atoms with Gasteiger partial charge < -0.3 is 19.5 Å². The second-order valence-electron chi connectivity index (χ2n) is 6.17. The fourth-order valence-electron chi connectivity index (χ4n) is 2.71. The van der Waals surface area contributed by atoms with Crippen molar-refractivity contribution in [3.8, 4) is 17.2 Å². The summed E-state index contributed by atoms with van der Waals surface area (Å²) in [6.07, 6.45) is 2.68. The maximum absolute atomic E-state index is 5.67. The van der Waals surface area contributed by atoms with Crippen molar-refractivity contribution in [2.45, 2.75) is 38.8 Å². The second-order valence-corrected chi connectivity index (χ2v) is 6.17. The zero-order valence-electron chi connectivity index (χ0n) is 12.5. The van der Waals surface area contributed by atoms with Crippen molar-refractivity contribution in [1.82, 2.24) is 5.32 Å². The van der Waals surface area contributed by atoms with Gasteiger partial charge in [-0.25, -0.2) is 0 Å². The molecule has 1 saturated carbocycles. The van der Waals surface area contributed by atoms with E-state index in [9.17, 15) is 0 Å². The Morgan fingerprint density at radius 1 is 1.25 bits per heavy atom. The molecule has 0 atom stereocenters. The van der Waals surface area contributed by atoms with Gasteiger partial charge in [0.1, 0.15) is 13.2 Å². The number of rotatable bonds is 5. The number of benzene rings is 1. The highest BCUT2D eigenvalue weighted by Gasteiger charge is 2.37. The van der Waals surface area contributed by atoms with Crippen LogP contribution >= 0.6 is 0 Å². The van der Waals surface area contributed by atoms with E-state index < -0.39 is 0 Å². The summed E-state index contributed by atoms with van der Waals surface area (Å²) in [6.45, 7) is 6.55. The van der Waals surface area contributed by atoms with Gasteiger partial charge in [0, 0.05) is 12.1 Å². The first-order valence-electron chi connectivity index (χ1n) is 7.31. The number of methoxy groups -OCH3 is 1. The zero-order valence-corrected chi connectivity index (χ0v) is 12.5. The molecule has 1 heterocycles. The van der Waals surface area contributed by atoms with Crippen LogP contribution < -0.4 is 19.5 Å². The third kappa shape index (κ3) is 2.70. The molecule has 20 heavy (non-hydrogen) atoms. The Kier molecular flexibility index (Phi) is 3.50. The zero-order chi connectivity index (χ0) is 14.2. The Labute approximate surface area is 120 Å². The van der Waals surface area contributed by atoms with Crippen molar-refractivity contribution in [2.24, 2.45) is 5.92 Å². The van der Waals surface area contributed by atoms with Crippen LogP contribution in [-0.2, 0) is 6.54 Å². The molecule has 1 fully saturated rings. The molecular formula is C16H23NO3. The third-order valence-electron chi connectivity index (χ3n) is 4.23. The van der Waals surface area contributed by atoms with Crippen molar-refractivity contribution >= 4 is 0 Å². The van der Waals surface area contributed by atoms with Gasteiger partial charge in [0.2, 0.25) is 5.75 Å². The summed E-state index contributed by atoms with van der Waals surface area (Å²) < 4.78 is 16.7. The van der Waals surface area contributed by atoms with E-state index in [4.69, 9.17) is 14.2 Å². The minimum absolute atomic E-state index is 0.195. The predicted molar refractivity (Wildman–Crippen MR) is 77.6 cm³/mol. The molecule has 0 unspecified atom stereocenters. The topological polar surface area (TPSA) is 39.7 Å². The molecule has 2 aliphatic rings. The summed E-state index contributed by atoms with van der Waals surface area (Å²) in [5.74, 6) is 3.07. The molecule has 1 aliphatic carbocycles. The monoisotopic (exact) mass is 277 g/mol. The largest absolute Gasteiger partial charge is 0.493 e. The summed E-state index contributed by atoms with van der Waals surface area (Å²) in [7, 11) is 1.67. The average molecular weight is 277 g/mol. The van der Waals surface area contributed by atoms with E-state index in [-0.39, 0.29) is 5.54 Å². The molecule has 0 aromatic heterocycles. The van der Waals surface area contributed by atoms with Gasteiger partial charge >= 0.3 is 0 Å². The van der Waals surface area contributed by atoms with E-state index in [1.807, 2.05) is 12.1 Å². The lowest BCUT2D eigenvalue weighted by atomic mass is 9.98. The van der Waals surface area contributed by atoms with E-state index in [0.717, 1.165) is 29.7 Å². The van der Waals surface area contributed by atoms with E-state index in [1.54, 1.807) is 7.11 Å². The van der Waals surface area contributed by atoms with Crippen LogP contribution in [-0.4, -0.2) is 25.9 Å². The number of ether oxygens (including phenoxy) is 3. The smallest absolute Gasteiger partial charge is 0.203 e. The summed E-state index contributed by atoms with van der Waals surface area (Å²) >= 11 is 0. The summed E-state index contributed by atoms with van der Waals surface area (Å²) in [5.41, 5.74) is 1.36. The Morgan fingerprint density at radius 3 is 2.70 bits per heavy atom. The van der Waals surface area contributed by atoms with Gasteiger partial charge in [0.15, 0.2) is 11.5 Å². The highest BCUT2D eigenvalue weighted by molar-refractivity contribution is 5.54. The van der Waals surface area contributed by atoms with Gasteiger partial charge in [-0.05, 0) is 50.3 Å². The Morgan fingerprint density at radius 2 is 2.00 bits per heavy atom. The Hall–Kier alpha value is -1.42. The molecule has 0 spiro atoms. The number of fused-ring (bicyclic) bond motifs is 1. The average Bonchev–Trinajstić information content (AvgIpc) is 3.29. The molecule has 0 bridgehead atoms. The molecule has 1 aliphatic heterocycles. The van der Waals surface area contributed by atoms with Crippen molar-refractivity contribution < 1.29 is 14.2 Å². The van der Waals surface area contributed by atoms with Gasteiger partial charge in [0.05, 0.1) is 7.11 Å². The molecule has 1 N–H and O–H groups in total. The van der Waals surface area contributed by atoms with Crippen molar-refractivity contribution in [3.05, 3.63) is 17.7 Å². The van der Waals surface area contributed by atoms with Gasteiger partial charge in [-0.3, -0.25) is 0 Å². The van der Waals surface area contributed by atoms with E-state index in [2.05, 4.69) is 19.2 Å². The van der Waals surface area contributed by atoms with Gasteiger partial charge in [-0.1, -0.05) is 0 Å². The molecule has 3 rings (SSSR count). The number of nitrogens with one attached hydrogen (secondary N) is 1. The standard InChI is InChI=1S/C16H23NO3/c1-16(2,12-4-5-12)17-10-11-8-13(18-3)15-14(9-11)19-6-7-20-15/h8-9,12,17H,4-7,10H2,1-3H3. The van der Waals surface area contributed by atoms with Gasteiger partial charge in [0.25, 0.3) is 0 Å². The first-order valence-corrected chi connectivity index (χ1v) is 7.31. The first-order chi connectivity index (χ1) is 9.60. The molecule has 0 saturated heterocycles. The lowest BCUT2D eigenvalue weighted by Crippen LogP contribution is -2.40. The van der Waals surface area contributed by atoms with Crippen LogP contribution in [0.4, 0.5) is 0 Å². The lowest BCUT2D eigenvalue weighted by molar-refractivity contribution is 0.165. The summed E-state index contributed by atoms with van der Waals surface area (Å²) in [4.78, 5) is 0. The first kappa shape index (κ1) is 13.6. The normalized spacial score (nSPS) is 17.9. The van der Waals surface area contributed by atoms with Crippen molar-refractivity contribution in [1.29, 1.82) is 0 Å². The molecule has 0 radical (unpaired) electrons. The van der Waals surface area contributed by atoms with Crippen LogP contribution in [0.5, 0.6) is 17.2 Å². The molecule has 1 aromatic rings. The van der Waals surface area contributed by atoms with Crippen molar-refractivity contribution in [2.75, 3.05) is 20.3 Å². The van der Waals surface area contributed by atoms with Crippen LogP contribution in [0.15, 0.2) is 12.1 Å². The van der Waals surface area contributed by atoms with E-state index in [1.165, 1.54) is 18.4 Å². The third-order valence-corrected chi connectivity index (χ3v) is 4.23.